The van der Waals surface area contributed by atoms with Crippen LogP contribution in [-0.2, 0) is 4.79 Å². The summed E-state index contributed by atoms with van der Waals surface area (Å²) in [7, 11) is 0. The molecule has 3 aromatic carbocycles. The van der Waals surface area contributed by atoms with Crippen molar-refractivity contribution in [3.8, 4) is 22.9 Å². The molecule has 1 aliphatic heterocycles. The zero-order chi connectivity index (χ0) is 27.8. The number of piperazine rings is 1. The van der Waals surface area contributed by atoms with E-state index in [4.69, 9.17) is 16.3 Å². The van der Waals surface area contributed by atoms with Crippen molar-refractivity contribution in [3.63, 3.8) is 0 Å². The van der Waals surface area contributed by atoms with Gasteiger partial charge >= 0.3 is 6.01 Å². The minimum absolute atomic E-state index is 0.00377. The van der Waals surface area contributed by atoms with Crippen molar-refractivity contribution in [2.75, 3.05) is 31.1 Å². The first-order chi connectivity index (χ1) is 18.7. The predicted octanol–water partition coefficient (Wildman–Crippen LogP) is 4.08. The predicted molar refractivity (Wildman–Crippen MR) is 147 cm³/mol. The molecule has 1 aromatic heterocycles. The lowest BCUT2D eigenvalue weighted by Crippen LogP contribution is -2.51. The van der Waals surface area contributed by atoms with Crippen molar-refractivity contribution in [2.24, 2.45) is 0 Å². The Labute approximate surface area is 229 Å². The molecule has 0 spiro atoms. The molecule has 0 bridgehead atoms. The summed E-state index contributed by atoms with van der Waals surface area (Å²) in [6.45, 7) is 4.86. The molecule has 4 aromatic rings. The van der Waals surface area contributed by atoms with Crippen LogP contribution < -0.4 is 9.64 Å². The first kappa shape index (κ1) is 26.9. The fraction of sp³-hybridized carbons (Fsp3) is 0.321. The van der Waals surface area contributed by atoms with E-state index in [1.165, 1.54) is 11.0 Å². The summed E-state index contributed by atoms with van der Waals surface area (Å²) in [4.78, 5) is 24.2. The second-order valence-electron chi connectivity index (χ2n) is 9.51. The van der Waals surface area contributed by atoms with Gasteiger partial charge in [-0.3, -0.25) is 4.79 Å². The van der Waals surface area contributed by atoms with E-state index in [1.54, 1.807) is 12.1 Å². The van der Waals surface area contributed by atoms with Gasteiger partial charge in [0.1, 0.15) is 17.1 Å². The normalized spacial score (nSPS) is 14.8. The van der Waals surface area contributed by atoms with E-state index in [-0.39, 0.29) is 47.1 Å². The van der Waals surface area contributed by atoms with E-state index < -0.39 is 18.0 Å². The number of aromatic nitrogens is 2. The van der Waals surface area contributed by atoms with Gasteiger partial charge in [0.2, 0.25) is 6.29 Å². The number of phenols is 1. The van der Waals surface area contributed by atoms with Gasteiger partial charge in [0.05, 0.1) is 11.1 Å². The van der Waals surface area contributed by atoms with Gasteiger partial charge in [0.15, 0.2) is 5.82 Å². The van der Waals surface area contributed by atoms with Crippen LogP contribution in [0.1, 0.15) is 20.3 Å². The third-order valence-corrected chi connectivity index (χ3v) is 7.25. The van der Waals surface area contributed by atoms with Crippen LogP contribution in [0.5, 0.6) is 11.8 Å². The standard InChI is InChI=1S/C28H28ClFN4O5/c1-3-15(2)39-28-31-24-20(25(32-28)33-8-10-34(11-9-33)26(36)27(37)38)14-21(29)22(23(24)30)19-13-17(35)12-16-6-4-5-7-18(16)19/h4-7,12-15,27,35,37-38H,3,8-11H2,1-2H3/t15-/m1/s1. The Bertz CT molecular complexity index is 1560. The Balaban J connectivity index is 1.66. The zero-order valence-corrected chi connectivity index (χ0v) is 22.2. The maximum absolute atomic E-state index is 16.4. The minimum atomic E-state index is -2.08. The third-order valence-electron chi connectivity index (χ3n) is 6.95. The van der Waals surface area contributed by atoms with E-state index in [9.17, 15) is 20.1 Å². The largest absolute Gasteiger partial charge is 0.508 e. The molecular formula is C28H28ClFN4O5. The Morgan fingerprint density at radius 2 is 1.82 bits per heavy atom. The first-order valence-corrected chi connectivity index (χ1v) is 13.0. The number of aliphatic hydroxyl groups excluding tert-OH is 1. The molecule has 0 aliphatic carbocycles. The SMILES string of the molecule is CC[C@@H](C)Oc1nc(N2CCN(C(=O)C(O)O)CC2)c2cc(Cl)c(-c3cc(O)cc4ccccc34)c(F)c2n1. The maximum atomic E-state index is 16.4. The molecule has 9 nitrogen and oxygen atoms in total. The number of nitrogens with zero attached hydrogens (tertiary/aromatic N) is 4. The minimum Gasteiger partial charge on any atom is -0.508 e. The number of carbonyl (C=O) groups excluding carboxylic acids is 1. The van der Waals surface area contributed by atoms with Crippen molar-refractivity contribution < 1.29 is 29.2 Å². The molecular weight excluding hydrogens is 527 g/mol. The van der Waals surface area contributed by atoms with Crippen LogP contribution in [0.2, 0.25) is 5.02 Å². The van der Waals surface area contributed by atoms with Gasteiger partial charge in [-0.05, 0) is 47.9 Å². The van der Waals surface area contributed by atoms with Gasteiger partial charge in [-0.15, -0.1) is 0 Å². The number of ether oxygens (including phenoxy) is 1. The summed E-state index contributed by atoms with van der Waals surface area (Å²) < 4.78 is 22.3. The van der Waals surface area contributed by atoms with Crippen molar-refractivity contribution in [2.45, 2.75) is 32.7 Å². The van der Waals surface area contributed by atoms with Crippen molar-refractivity contribution in [1.29, 1.82) is 0 Å². The average molecular weight is 555 g/mol. The Kier molecular flexibility index (Phi) is 7.44. The van der Waals surface area contributed by atoms with E-state index in [2.05, 4.69) is 9.97 Å². The van der Waals surface area contributed by atoms with Crippen molar-refractivity contribution in [1.82, 2.24) is 14.9 Å². The smallest absolute Gasteiger partial charge is 0.319 e. The highest BCUT2D eigenvalue weighted by Crippen LogP contribution is 2.42. The number of halogens is 2. The monoisotopic (exact) mass is 554 g/mol. The summed E-state index contributed by atoms with van der Waals surface area (Å²) >= 11 is 6.72. The van der Waals surface area contributed by atoms with Crippen LogP contribution in [0.15, 0.2) is 42.5 Å². The second-order valence-corrected chi connectivity index (χ2v) is 9.92. The van der Waals surface area contributed by atoms with Crippen LogP contribution in [0.25, 0.3) is 32.8 Å². The Morgan fingerprint density at radius 3 is 2.51 bits per heavy atom. The number of hydrogen-bond acceptors (Lipinski definition) is 8. The molecule has 1 amide bonds. The highest BCUT2D eigenvalue weighted by atomic mass is 35.5. The topological polar surface area (TPSA) is 119 Å². The van der Waals surface area contributed by atoms with Crippen molar-refractivity contribution >= 4 is 45.0 Å². The third kappa shape index (κ3) is 5.15. The fourth-order valence-corrected chi connectivity index (χ4v) is 5.06. The summed E-state index contributed by atoms with van der Waals surface area (Å²) in [5.74, 6) is -1.09. The molecule has 0 radical (unpaired) electrons. The molecule has 0 saturated carbocycles. The number of fused-ring (bicyclic) bond motifs is 2. The number of phenolic OH excluding ortho intramolecular Hbond substituents is 1. The molecule has 1 aliphatic rings. The Hall–Kier alpha value is -3.73. The lowest BCUT2D eigenvalue weighted by molar-refractivity contribution is -0.159. The summed E-state index contributed by atoms with van der Waals surface area (Å²) in [6.07, 6.45) is -1.61. The van der Waals surface area contributed by atoms with Gasteiger partial charge in [-0.25, -0.2) is 4.39 Å². The Morgan fingerprint density at radius 1 is 1.10 bits per heavy atom. The molecule has 5 rings (SSSR count). The number of carbonyl (C=O) groups is 1. The van der Waals surface area contributed by atoms with E-state index in [1.807, 2.05) is 43.0 Å². The van der Waals surface area contributed by atoms with Crippen molar-refractivity contribution in [3.05, 3.63) is 53.3 Å². The molecule has 1 saturated heterocycles. The molecule has 1 fully saturated rings. The molecule has 39 heavy (non-hydrogen) atoms. The lowest BCUT2D eigenvalue weighted by Gasteiger charge is -2.36. The zero-order valence-electron chi connectivity index (χ0n) is 21.4. The number of hydrogen-bond donors (Lipinski definition) is 3. The number of rotatable bonds is 6. The first-order valence-electron chi connectivity index (χ1n) is 12.7. The van der Waals surface area contributed by atoms with Gasteiger partial charge in [0, 0.05) is 37.1 Å². The maximum Gasteiger partial charge on any atom is 0.319 e. The molecule has 2 heterocycles. The summed E-state index contributed by atoms with van der Waals surface area (Å²) in [5, 5.41) is 30.8. The number of aliphatic hydroxyl groups is 2. The quantitative estimate of drug-likeness (QED) is 0.305. The number of benzene rings is 3. The van der Waals surface area contributed by atoms with Crippen LogP contribution in [0.4, 0.5) is 10.2 Å². The van der Waals surface area contributed by atoms with Gasteiger partial charge in [-0.1, -0.05) is 42.8 Å². The number of anilines is 1. The molecule has 0 unspecified atom stereocenters. The highest BCUT2D eigenvalue weighted by molar-refractivity contribution is 6.35. The lowest BCUT2D eigenvalue weighted by atomic mass is 9.96. The highest BCUT2D eigenvalue weighted by Gasteiger charge is 2.29. The fourth-order valence-electron chi connectivity index (χ4n) is 4.77. The van der Waals surface area contributed by atoms with E-state index in [0.717, 1.165) is 5.39 Å². The molecule has 11 heteroatoms. The summed E-state index contributed by atoms with van der Waals surface area (Å²) in [5.41, 5.74) is 0.534. The molecule has 3 N–H and O–H groups in total. The average Bonchev–Trinajstić information content (AvgIpc) is 2.92. The van der Waals surface area contributed by atoms with Crippen LogP contribution in [0, 0.1) is 5.82 Å². The second kappa shape index (κ2) is 10.8. The van der Waals surface area contributed by atoms with Crippen LogP contribution in [0.3, 0.4) is 0 Å². The van der Waals surface area contributed by atoms with Crippen LogP contribution >= 0.6 is 11.6 Å². The molecule has 204 valence electrons. The van der Waals surface area contributed by atoms with Crippen LogP contribution in [-0.4, -0.2) is 74.7 Å². The number of amides is 1. The van der Waals surface area contributed by atoms with Gasteiger partial charge in [-0.2, -0.15) is 9.97 Å². The molecule has 1 atom stereocenters. The van der Waals surface area contributed by atoms with Gasteiger partial charge < -0.3 is 29.9 Å². The van der Waals surface area contributed by atoms with E-state index >= 15 is 4.39 Å². The number of aromatic hydroxyl groups is 1. The van der Waals surface area contributed by atoms with Gasteiger partial charge in [0.25, 0.3) is 5.91 Å². The van der Waals surface area contributed by atoms with E-state index in [0.29, 0.717) is 41.7 Å². The summed E-state index contributed by atoms with van der Waals surface area (Å²) in [6, 6.07) is 12.0.